The maximum Gasteiger partial charge on any atom is 0.248 e. The van der Waals surface area contributed by atoms with E-state index < -0.39 is 33.4 Å². The molecule has 8 heteroatoms. The predicted molar refractivity (Wildman–Crippen MR) is 150 cm³/mol. The van der Waals surface area contributed by atoms with Crippen LogP contribution in [0.15, 0.2) is 72.8 Å². The Kier molecular flexibility index (Phi) is 6.00. The summed E-state index contributed by atoms with van der Waals surface area (Å²) in [5.41, 5.74) is 1.33. The molecule has 38 heavy (non-hydrogen) atoms. The summed E-state index contributed by atoms with van der Waals surface area (Å²) >= 11 is 1.62. The number of carbonyl (C=O) groups excluding carboxylic acids is 3. The van der Waals surface area contributed by atoms with Gasteiger partial charge in [-0.25, -0.2) is 0 Å². The lowest BCUT2D eigenvalue weighted by molar-refractivity contribution is -0.141. The number of hydrogen-bond donors (Lipinski definition) is 3. The van der Waals surface area contributed by atoms with Gasteiger partial charge in [0.2, 0.25) is 17.7 Å². The van der Waals surface area contributed by atoms with E-state index in [-0.39, 0.29) is 24.3 Å². The Bertz CT molecular complexity index is 1430. The Labute approximate surface area is 226 Å². The molecule has 3 aliphatic heterocycles. The van der Waals surface area contributed by atoms with Crippen molar-refractivity contribution in [1.29, 1.82) is 0 Å². The summed E-state index contributed by atoms with van der Waals surface area (Å²) in [4.78, 5) is 43.3. The van der Waals surface area contributed by atoms with Crippen molar-refractivity contribution in [3.8, 4) is 0 Å². The number of fused-ring (bicyclic) bond motifs is 2. The van der Waals surface area contributed by atoms with Crippen LogP contribution in [0.5, 0.6) is 0 Å². The molecule has 3 aliphatic rings. The van der Waals surface area contributed by atoms with Crippen LogP contribution in [0, 0.1) is 11.8 Å². The molecular formula is C30H31N3O4S. The number of aliphatic hydroxyl groups excluding tert-OH is 1. The number of nitrogens with zero attached hydrogens (tertiary/aromatic N) is 1. The molecule has 7 nitrogen and oxygen atoms in total. The summed E-state index contributed by atoms with van der Waals surface area (Å²) in [6.45, 7) is 3.53. The summed E-state index contributed by atoms with van der Waals surface area (Å²) in [7, 11) is 0. The number of thioether (sulfide) groups is 1. The van der Waals surface area contributed by atoms with Gasteiger partial charge in [-0.15, -0.1) is 11.8 Å². The molecule has 2 bridgehead atoms. The number of aliphatic hydroxyl groups is 1. The van der Waals surface area contributed by atoms with E-state index in [0.717, 1.165) is 17.2 Å². The number of anilines is 2. The zero-order valence-electron chi connectivity index (χ0n) is 21.4. The summed E-state index contributed by atoms with van der Waals surface area (Å²) in [6, 6.07) is 21.6. The van der Waals surface area contributed by atoms with Gasteiger partial charge in [-0.05, 0) is 61.7 Å². The standard InChI is InChI=1S/C30H31N3O4S/c1-18(17-34)33-25(27(36)32-22-13-12-19-8-6-7-9-20(19)16-22)30-15-14-29(2,38-30)23(24(30)28(33)37)26(35)31-21-10-4-3-5-11-21/h3-13,16,18,23-25,34H,14-15,17H2,1-2H3,(H,31,35)(H,32,36)/t18-,23+,24+,25?,29-,30?/m1/s1. The minimum Gasteiger partial charge on any atom is -0.394 e. The first kappa shape index (κ1) is 24.9. The summed E-state index contributed by atoms with van der Waals surface area (Å²) in [5.74, 6) is -1.93. The Morgan fingerprint density at radius 2 is 1.66 bits per heavy atom. The number of para-hydroxylation sites is 1. The molecule has 0 aliphatic carbocycles. The zero-order valence-corrected chi connectivity index (χ0v) is 22.2. The Morgan fingerprint density at radius 3 is 2.39 bits per heavy atom. The summed E-state index contributed by atoms with van der Waals surface area (Å²) in [5, 5.41) is 18.2. The second-order valence-corrected chi connectivity index (χ2v) is 12.8. The van der Waals surface area contributed by atoms with Crippen molar-refractivity contribution in [2.45, 2.75) is 48.3 Å². The van der Waals surface area contributed by atoms with Gasteiger partial charge >= 0.3 is 0 Å². The summed E-state index contributed by atoms with van der Waals surface area (Å²) in [6.07, 6.45) is 1.39. The van der Waals surface area contributed by atoms with Gasteiger partial charge in [-0.2, -0.15) is 0 Å². The van der Waals surface area contributed by atoms with E-state index in [1.807, 2.05) is 79.7 Å². The van der Waals surface area contributed by atoms with Crippen molar-refractivity contribution in [2.24, 2.45) is 11.8 Å². The molecule has 196 valence electrons. The van der Waals surface area contributed by atoms with Gasteiger partial charge in [0.15, 0.2) is 0 Å². The van der Waals surface area contributed by atoms with Gasteiger partial charge in [0.25, 0.3) is 0 Å². The molecule has 3 aromatic rings. The highest BCUT2D eigenvalue weighted by atomic mass is 32.2. The first-order valence-corrected chi connectivity index (χ1v) is 13.9. The van der Waals surface area contributed by atoms with Gasteiger partial charge in [0.1, 0.15) is 6.04 Å². The largest absolute Gasteiger partial charge is 0.394 e. The van der Waals surface area contributed by atoms with E-state index in [0.29, 0.717) is 17.8 Å². The van der Waals surface area contributed by atoms with E-state index in [2.05, 4.69) is 10.6 Å². The molecule has 0 radical (unpaired) electrons. The number of likely N-dealkylation sites (tertiary alicyclic amines) is 1. The zero-order chi connectivity index (χ0) is 26.7. The third kappa shape index (κ3) is 3.73. The van der Waals surface area contributed by atoms with Crippen molar-refractivity contribution >= 4 is 51.6 Å². The van der Waals surface area contributed by atoms with E-state index in [9.17, 15) is 19.5 Å². The molecule has 0 saturated carbocycles. The first-order valence-electron chi connectivity index (χ1n) is 13.1. The lowest BCUT2D eigenvalue weighted by Gasteiger charge is -2.36. The first-order chi connectivity index (χ1) is 18.3. The van der Waals surface area contributed by atoms with E-state index in [4.69, 9.17) is 0 Å². The average Bonchev–Trinajstić information content (AvgIpc) is 3.49. The smallest absolute Gasteiger partial charge is 0.248 e. The molecule has 3 heterocycles. The highest BCUT2D eigenvalue weighted by Crippen LogP contribution is 2.71. The number of amides is 3. The van der Waals surface area contributed by atoms with Crippen LogP contribution < -0.4 is 10.6 Å². The Morgan fingerprint density at radius 1 is 0.974 bits per heavy atom. The van der Waals surface area contributed by atoms with Crippen molar-refractivity contribution in [3.63, 3.8) is 0 Å². The highest BCUT2D eigenvalue weighted by molar-refractivity contribution is 8.02. The van der Waals surface area contributed by atoms with Crippen molar-refractivity contribution in [3.05, 3.63) is 72.8 Å². The van der Waals surface area contributed by atoms with Crippen LogP contribution in [-0.4, -0.2) is 55.9 Å². The van der Waals surface area contributed by atoms with Crippen molar-refractivity contribution < 1.29 is 19.5 Å². The minimum atomic E-state index is -0.796. The number of nitrogens with one attached hydrogen (secondary N) is 2. The number of rotatable bonds is 6. The SMILES string of the molecule is C[C@H](CO)N1C(=O)[C@@H]2[C@@H](C(=O)Nc3ccccc3)[C@@]3(C)CCC2(S3)C1C(=O)Nc1ccc2ccccc2c1. The Hall–Kier alpha value is -3.36. The van der Waals surface area contributed by atoms with Gasteiger partial charge in [-0.1, -0.05) is 48.5 Å². The maximum absolute atomic E-state index is 14.1. The Balaban J connectivity index is 1.36. The average molecular weight is 530 g/mol. The minimum absolute atomic E-state index is 0.196. The quantitative estimate of drug-likeness (QED) is 0.443. The summed E-state index contributed by atoms with van der Waals surface area (Å²) < 4.78 is -1.20. The second-order valence-electron chi connectivity index (χ2n) is 10.9. The van der Waals surface area contributed by atoms with Crippen LogP contribution in [0.4, 0.5) is 11.4 Å². The highest BCUT2D eigenvalue weighted by Gasteiger charge is 2.77. The predicted octanol–water partition coefficient (Wildman–Crippen LogP) is 4.28. The van der Waals surface area contributed by atoms with Crippen LogP contribution >= 0.6 is 11.8 Å². The van der Waals surface area contributed by atoms with Crippen LogP contribution in [-0.2, 0) is 14.4 Å². The third-order valence-electron chi connectivity index (χ3n) is 8.54. The monoisotopic (exact) mass is 529 g/mol. The number of hydrogen-bond acceptors (Lipinski definition) is 5. The maximum atomic E-state index is 14.1. The van der Waals surface area contributed by atoms with E-state index >= 15 is 0 Å². The fourth-order valence-electron chi connectivity index (χ4n) is 6.85. The molecule has 3 N–H and O–H groups in total. The normalized spacial score (nSPS) is 30.3. The molecule has 2 unspecified atom stereocenters. The van der Waals surface area contributed by atoms with Crippen molar-refractivity contribution in [1.82, 2.24) is 4.90 Å². The van der Waals surface area contributed by atoms with Crippen LogP contribution in [0.1, 0.15) is 26.7 Å². The fraction of sp³-hybridized carbons (Fsp3) is 0.367. The topological polar surface area (TPSA) is 98.7 Å². The molecular weight excluding hydrogens is 498 g/mol. The number of carbonyl (C=O) groups is 3. The van der Waals surface area contributed by atoms with E-state index in [1.165, 1.54) is 0 Å². The van der Waals surface area contributed by atoms with E-state index in [1.54, 1.807) is 23.6 Å². The van der Waals surface area contributed by atoms with Crippen LogP contribution in [0.2, 0.25) is 0 Å². The van der Waals surface area contributed by atoms with Crippen LogP contribution in [0.3, 0.4) is 0 Å². The molecule has 3 fully saturated rings. The van der Waals surface area contributed by atoms with Gasteiger partial charge < -0.3 is 20.6 Å². The molecule has 6 rings (SSSR count). The lowest BCUT2D eigenvalue weighted by Crippen LogP contribution is -2.54. The van der Waals surface area contributed by atoms with Gasteiger partial charge in [0, 0.05) is 16.1 Å². The molecule has 1 spiro atoms. The fourth-order valence-corrected chi connectivity index (χ4v) is 9.19. The molecule has 3 saturated heterocycles. The molecule has 3 aromatic carbocycles. The number of benzene rings is 3. The van der Waals surface area contributed by atoms with Crippen LogP contribution in [0.25, 0.3) is 10.8 Å². The lowest BCUT2D eigenvalue weighted by atomic mass is 9.66. The van der Waals surface area contributed by atoms with Crippen molar-refractivity contribution in [2.75, 3.05) is 17.2 Å². The second kappa shape index (κ2) is 9.13. The molecule has 3 amide bonds. The van der Waals surface area contributed by atoms with Gasteiger partial charge in [0.05, 0.1) is 29.2 Å². The van der Waals surface area contributed by atoms with Gasteiger partial charge in [-0.3, -0.25) is 14.4 Å². The molecule has 6 atom stereocenters. The molecule has 0 aromatic heterocycles. The third-order valence-corrected chi connectivity index (χ3v) is 10.5.